The number of hydrogen-bond donors (Lipinski definition) is 0. The Morgan fingerprint density at radius 2 is 1.59 bits per heavy atom. The molecular weight excluding hydrogens is 463 g/mol. The van der Waals surface area contributed by atoms with Crippen molar-refractivity contribution in [3.8, 4) is 22.3 Å². The van der Waals surface area contributed by atoms with Crippen LogP contribution < -0.4 is 0 Å². The van der Waals surface area contributed by atoms with E-state index in [-0.39, 0.29) is 11.7 Å². The summed E-state index contributed by atoms with van der Waals surface area (Å²) in [5, 5.41) is 2.22. The van der Waals surface area contributed by atoms with Gasteiger partial charge in [0.05, 0.1) is 5.52 Å². The van der Waals surface area contributed by atoms with Crippen LogP contribution in [0.2, 0.25) is 10.0 Å². The molecule has 3 nitrogen and oxygen atoms in total. The van der Waals surface area contributed by atoms with Crippen LogP contribution in [0.4, 0.5) is 0 Å². The minimum Gasteiger partial charge on any atom is -0.305 e. The molecule has 0 amide bonds. The summed E-state index contributed by atoms with van der Waals surface area (Å²) in [6.07, 6.45) is 3.67. The van der Waals surface area contributed by atoms with E-state index in [4.69, 9.17) is 23.2 Å². The van der Waals surface area contributed by atoms with Crippen molar-refractivity contribution < 1.29 is 4.79 Å². The van der Waals surface area contributed by atoms with Crippen molar-refractivity contribution in [3.63, 3.8) is 0 Å². The Bertz CT molecular complexity index is 1380. The Morgan fingerprint density at radius 1 is 0.941 bits per heavy atom. The van der Waals surface area contributed by atoms with Gasteiger partial charge < -0.3 is 4.90 Å². The molecule has 0 N–H and O–H groups in total. The highest BCUT2D eigenvalue weighted by atomic mass is 35.5. The fourth-order valence-corrected chi connectivity index (χ4v) is 4.88. The molecule has 1 heterocycles. The number of hydrogen-bond acceptors (Lipinski definition) is 3. The molecule has 4 aromatic rings. The maximum atomic E-state index is 13.3. The van der Waals surface area contributed by atoms with E-state index in [9.17, 15) is 4.79 Å². The van der Waals surface area contributed by atoms with Gasteiger partial charge in [-0.25, -0.2) is 0 Å². The van der Waals surface area contributed by atoms with Gasteiger partial charge in [0.15, 0.2) is 5.78 Å². The zero-order valence-electron chi connectivity index (χ0n) is 19.5. The summed E-state index contributed by atoms with van der Waals surface area (Å²) < 4.78 is 0. The average molecular weight is 489 g/mol. The summed E-state index contributed by atoms with van der Waals surface area (Å²) in [4.78, 5) is 20.1. The van der Waals surface area contributed by atoms with Gasteiger partial charge >= 0.3 is 0 Å². The van der Waals surface area contributed by atoms with Gasteiger partial charge in [0.25, 0.3) is 0 Å². The second kappa shape index (κ2) is 9.14. The van der Waals surface area contributed by atoms with Crippen LogP contribution in [0, 0.1) is 12.8 Å². The van der Waals surface area contributed by atoms with Crippen molar-refractivity contribution in [1.82, 2.24) is 9.88 Å². The van der Waals surface area contributed by atoms with Gasteiger partial charge in [-0.3, -0.25) is 9.78 Å². The average Bonchev–Trinajstić information content (AvgIpc) is 3.66. The third-order valence-electron chi connectivity index (χ3n) is 6.44. The molecule has 1 aliphatic rings. The summed E-state index contributed by atoms with van der Waals surface area (Å²) in [5.74, 6) is 0.303. The van der Waals surface area contributed by atoms with Crippen molar-refractivity contribution in [1.29, 1.82) is 0 Å². The molecule has 0 bridgehead atoms. The summed E-state index contributed by atoms with van der Waals surface area (Å²) in [6.45, 7) is 2.77. The molecule has 5 rings (SSSR count). The van der Waals surface area contributed by atoms with E-state index in [1.54, 1.807) is 6.20 Å². The molecule has 0 aliphatic heterocycles. The molecule has 5 heteroatoms. The number of rotatable bonds is 6. The van der Waals surface area contributed by atoms with E-state index >= 15 is 0 Å². The molecule has 0 atom stereocenters. The molecule has 0 radical (unpaired) electrons. The summed E-state index contributed by atoms with van der Waals surface area (Å²) in [5.41, 5.74) is 7.55. The maximum absolute atomic E-state index is 13.3. The van der Waals surface area contributed by atoms with Crippen molar-refractivity contribution in [3.05, 3.63) is 87.5 Å². The SMILES string of the molecule is Cc1c(Cl)cc(-c2ccc3ncc(C(=O)C4CC4)c(-c4ccc(CN(C)C)cc4)c3c2)cc1Cl. The first kappa shape index (κ1) is 23.0. The van der Waals surface area contributed by atoms with Crippen LogP contribution in [-0.2, 0) is 6.54 Å². The van der Waals surface area contributed by atoms with Crippen LogP contribution in [0.15, 0.2) is 60.8 Å². The Morgan fingerprint density at radius 3 is 2.21 bits per heavy atom. The Hall–Kier alpha value is -2.72. The molecule has 0 spiro atoms. The van der Waals surface area contributed by atoms with Gasteiger partial charge in [-0.1, -0.05) is 53.5 Å². The first-order valence-electron chi connectivity index (χ1n) is 11.5. The fraction of sp³-hybridized carbons (Fsp3) is 0.241. The number of carbonyl (C=O) groups excluding carboxylic acids is 1. The number of benzene rings is 3. The predicted octanol–water partition coefficient (Wildman–Crippen LogP) is 7.84. The number of aromatic nitrogens is 1. The molecule has 1 saturated carbocycles. The topological polar surface area (TPSA) is 33.2 Å². The Kier molecular flexibility index (Phi) is 6.20. The molecule has 1 aromatic heterocycles. The second-order valence-electron chi connectivity index (χ2n) is 9.42. The molecule has 1 fully saturated rings. The van der Waals surface area contributed by atoms with Crippen LogP contribution in [0.25, 0.3) is 33.2 Å². The second-order valence-corrected chi connectivity index (χ2v) is 10.2. The van der Waals surface area contributed by atoms with E-state index < -0.39 is 0 Å². The van der Waals surface area contributed by atoms with Crippen LogP contribution in [0.3, 0.4) is 0 Å². The number of carbonyl (C=O) groups is 1. The van der Waals surface area contributed by atoms with E-state index in [1.165, 1.54) is 5.56 Å². The standard InChI is InChI=1S/C29H26Cl2N2O/c1-17-25(30)13-22(14-26(17)31)21-10-11-27-23(12-21)28(24(15-32-27)29(34)20-8-9-20)19-6-4-18(5-7-19)16-33(2)3/h4-7,10-15,20H,8-9,16H2,1-3H3. The van der Waals surface area contributed by atoms with Crippen LogP contribution in [-0.4, -0.2) is 29.8 Å². The molecule has 34 heavy (non-hydrogen) atoms. The Labute approximate surface area is 210 Å². The number of halogens is 2. The van der Waals surface area contributed by atoms with E-state index in [2.05, 4.69) is 54.3 Å². The third kappa shape index (κ3) is 4.48. The minimum atomic E-state index is 0.115. The largest absolute Gasteiger partial charge is 0.305 e. The van der Waals surface area contributed by atoms with E-state index in [0.717, 1.165) is 58.1 Å². The van der Waals surface area contributed by atoms with Crippen LogP contribution in [0.1, 0.15) is 34.3 Å². The first-order valence-corrected chi connectivity index (χ1v) is 12.2. The quantitative estimate of drug-likeness (QED) is 0.259. The lowest BCUT2D eigenvalue weighted by Gasteiger charge is -2.15. The first-order chi connectivity index (χ1) is 16.3. The van der Waals surface area contributed by atoms with Crippen molar-refractivity contribution in [2.45, 2.75) is 26.3 Å². The lowest BCUT2D eigenvalue weighted by atomic mass is 9.91. The molecule has 1 aliphatic carbocycles. The number of pyridine rings is 1. The van der Waals surface area contributed by atoms with E-state index in [1.807, 2.05) is 31.2 Å². The van der Waals surface area contributed by atoms with Gasteiger partial charge in [-0.2, -0.15) is 0 Å². The van der Waals surface area contributed by atoms with Gasteiger partial charge in [-0.05, 0) is 85.9 Å². The molecule has 0 unspecified atom stereocenters. The molecular formula is C29H26Cl2N2O. The fourth-order valence-electron chi connectivity index (χ4n) is 4.39. The maximum Gasteiger partial charge on any atom is 0.168 e. The highest BCUT2D eigenvalue weighted by Crippen LogP contribution is 2.40. The van der Waals surface area contributed by atoms with Gasteiger partial charge in [0.1, 0.15) is 0 Å². The molecule has 172 valence electrons. The smallest absolute Gasteiger partial charge is 0.168 e. The van der Waals surface area contributed by atoms with Crippen molar-refractivity contribution >= 4 is 39.9 Å². The third-order valence-corrected chi connectivity index (χ3v) is 7.22. The summed E-state index contributed by atoms with van der Waals surface area (Å²) >= 11 is 12.9. The predicted molar refractivity (Wildman–Crippen MR) is 142 cm³/mol. The van der Waals surface area contributed by atoms with Crippen LogP contribution >= 0.6 is 23.2 Å². The minimum absolute atomic E-state index is 0.115. The Balaban J connectivity index is 1.71. The number of nitrogens with zero attached hydrogens (tertiary/aromatic N) is 2. The number of fused-ring (bicyclic) bond motifs is 1. The number of ketones is 1. The van der Waals surface area contributed by atoms with Crippen molar-refractivity contribution in [2.75, 3.05) is 14.1 Å². The lowest BCUT2D eigenvalue weighted by molar-refractivity contribution is 0.0968. The van der Waals surface area contributed by atoms with E-state index in [0.29, 0.717) is 15.6 Å². The van der Waals surface area contributed by atoms with Crippen LogP contribution in [0.5, 0.6) is 0 Å². The van der Waals surface area contributed by atoms with Gasteiger partial charge in [0, 0.05) is 45.2 Å². The number of Topliss-reactive ketones (excluding diaryl/α,β-unsaturated/α-hetero) is 1. The van der Waals surface area contributed by atoms with Gasteiger partial charge in [-0.15, -0.1) is 0 Å². The molecule has 3 aromatic carbocycles. The normalized spacial score (nSPS) is 13.6. The van der Waals surface area contributed by atoms with Gasteiger partial charge in [0.2, 0.25) is 0 Å². The lowest BCUT2D eigenvalue weighted by Crippen LogP contribution is -2.10. The molecule has 0 saturated heterocycles. The summed E-state index contributed by atoms with van der Waals surface area (Å²) in [6, 6.07) is 18.5. The zero-order valence-corrected chi connectivity index (χ0v) is 21.0. The zero-order chi connectivity index (χ0) is 24.0. The monoisotopic (exact) mass is 488 g/mol. The highest BCUT2D eigenvalue weighted by Gasteiger charge is 2.32. The summed E-state index contributed by atoms with van der Waals surface area (Å²) in [7, 11) is 4.11. The van der Waals surface area contributed by atoms with Crippen molar-refractivity contribution in [2.24, 2.45) is 5.92 Å². The highest BCUT2D eigenvalue weighted by molar-refractivity contribution is 6.36.